The second-order valence-corrected chi connectivity index (χ2v) is 6.92. The first-order chi connectivity index (χ1) is 12.6. The molecule has 3 aromatic rings. The molecule has 0 fully saturated rings. The molecule has 1 aliphatic rings. The molecule has 1 aromatic heterocycles. The number of carbonyl (C=O) groups excluding carboxylic acids is 1. The van der Waals surface area contributed by atoms with Crippen LogP contribution in [0.4, 0.5) is 0 Å². The van der Waals surface area contributed by atoms with Gasteiger partial charge in [0.25, 0.3) is 5.91 Å². The van der Waals surface area contributed by atoms with Crippen LogP contribution in [0.3, 0.4) is 0 Å². The lowest BCUT2D eigenvalue weighted by molar-refractivity contribution is 0.0936. The third kappa shape index (κ3) is 3.15. The maximum absolute atomic E-state index is 12.6. The van der Waals surface area contributed by atoms with Crippen LogP contribution in [0.1, 0.15) is 52.9 Å². The average Bonchev–Trinajstić information content (AvgIpc) is 2.66. The second-order valence-electron chi connectivity index (χ2n) is 6.92. The molecular formula is C22H21NO3. The SMILES string of the molecule is C[C@H](NC(=O)c1cc2ccccc2oc1=O)c1ccc2c(c1)CCCC2. The first-order valence-corrected chi connectivity index (χ1v) is 9.07. The summed E-state index contributed by atoms with van der Waals surface area (Å²) in [5.41, 5.74) is 3.75. The van der Waals surface area contributed by atoms with E-state index in [1.165, 1.54) is 24.0 Å². The molecule has 1 aliphatic carbocycles. The Morgan fingerprint density at radius 3 is 2.65 bits per heavy atom. The smallest absolute Gasteiger partial charge is 0.349 e. The van der Waals surface area contributed by atoms with E-state index in [0.29, 0.717) is 5.58 Å². The van der Waals surface area contributed by atoms with E-state index >= 15 is 0 Å². The molecule has 4 rings (SSSR count). The van der Waals surface area contributed by atoms with Gasteiger partial charge in [-0.3, -0.25) is 4.79 Å². The zero-order chi connectivity index (χ0) is 18.1. The number of para-hydroxylation sites is 1. The molecule has 0 bridgehead atoms. The van der Waals surface area contributed by atoms with Crippen molar-refractivity contribution < 1.29 is 9.21 Å². The molecule has 2 aromatic carbocycles. The standard InChI is InChI=1S/C22H21NO3/c1-14(16-11-10-15-6-2-3-7-17(15)12-16)23-21(24)19-13-18-8-4-5-9-20(18)26-22(19)25/h4-5,8-14H,2-3,6-7H2,1H3,(H,23,24)/t14-/m0/s1. The van der Waals surface area contributed by atoms with Crippen molar-refractivity contribution in [2.24, 2.45) is 0 Å². The third-order valence-electron chi connectivity index (χ3n) is 5.11. The highest BCUT2D eigenvalue weighted by Crippen LogP contribution is 2.25. The summed E-state index contributed by atoms with van der Waals surface area (Å²) in [5, 5.41) is 3.66. The van der Waals surface area contributed by atoms with Crippen LogP contribution in [0.2, 0.25) is 0 Å². The largest absolute Gasteiger partial charge is 0.422 e. The van der Waals surface area contributed by atoms with E-state index in [9.17, 15) is 9.59 Å². The number of hydrogen-bond donors (Lipinski definition) is 1. The minimum atomic E-state index is -0.612. The molecule has 0 saturated heterocycles. The molecule has 132 valence electrons. The van der Waals surface area contributed by atoms with Crippen molar-refractivity contribution >= 4 is 16.9 Å². The average molecular weight is 347 g/mol. The summed E-state index contributed by atoms with van der Waals surface area (Å²) in [6.07, 6.45) is 4.69. The fourth-order valence-corrected chi connectivity index (χ4v) is 3.60. The van der Waals surface area contributed by atoms with Gasteiger partial charge >= 0.3 is 5.63 Å². The number of carbonyl (C=O) groups is 1. The van der Waals surface area contributed by atoms with Gasteiger partial charge in [-0.2, -0.15) is 0 Å². The van der Waals surface area contributed by atoms with Crippen molar-refractivity contribution in [1.29, 1.82) is 0 Å². The Balaban J connectivity index is 1.58. The summed E-state index contributed by atoms with van der Waals surface area (Å²) in [5.74, 6) is -0.408. The molecule has 1 N–H and O–H groups in total. The van der Waals surface area contributed by atoms with Crippen molar-refractivity contribution in [2.75, 3.05) is 0 Å². The van der Waals surface area contributed by atoms with Crippen molar-refractivity contribution in [1.82, 2.24) is 5.32 Å². The van der Waals surface area contributed by atoms with Crippen LogP contribution in [-0.4, -0.2) is 5.91 Å². The molecule has 0 aliphatic heterocycles. The Morgan fingerprint density at radius 2 is 1.81 bits per heavy atom. The molecule has 1 atom stereocenters. The van der Waals surface area contributed by atoms with Gasteiger partial charge in [-0.1, -0.05) is 36.4 Å². The van der Waals surface area contributed by atoms with Gasteiger partial charge in [-0.15, -0.1) is 0 Å². The van der Waals surface area contributed by atoms with Crippen LogP contribution in [0, 0.1) is 0 Å². The van der Waals surface area contributed by atoms with Gasteiger partial charge in [0.2, 0.25) is 0 Å². The fourth-order valence-electron chi connectivity index (χ4n) is 3.60. The molecule has 0 unspecified atom stereocenters. The predicted octanol–water partition coefficient (Wildman–Crippen LogP) is 4.16. The van der Waals surface area contributed by atoms with Gasteiger partial charge in [0.15, 0.2) is 0 Å². The van der Waals surface area contributed by atoms with E-state index in [4.69, 9.17) is 4.42 Å². The minimum absolute atomic E-state index is 0.0357. The summed E-state index contributed by atoms with van der Waals surface area (Å²) in [4.78, 5) is 24.8. The predicted molar refractivity (Wildman–Crippen MR) is 101 cm³/mol. The van der Waals surface area contributed by atoms with Crippen molar-refractivity contribution in [3.8, 4) is 0 Å². The van der Waals surface area contributed by atoms with Crippen LogP contribution in [0.15, 0.2) is 57.7 Å². The summed E-state index contributed by atoms with van der Waals surface area (Å²) < 4.78 is 5.26. The van der Waals surface area contributed by atoms with Gasteiger partial charge in [0.1, 0.15) is 11.1 Å². The lowest BCUT2D eigenvalue weighted by atomic mass is 9.89. The Morgan fingerprint density at radius 1 is 1.04 bits per heavy atom. The normalized spacial score (nSPS) is 14.7. The topological polar surface area (TPSA) is 59.3 Å². The van der Waals surface area contributed by atoms with Gasteiger partial charge < -0.3 is 9.73 Å². The van der Waals surface area contributed by atoms with Crippen LogP contribution in [-0.2, 0) is 12.8 Å². The Hall–Kier alpha value is -2.88. The zero-order valence-corrected chi connectivity index (χ0v) is 14.7. The Kier molecular flexibility index (Phi) is 4.33. The lowest BCUT2D eigenvalue weighted by Crippen LogP contribution is -2.30. The number of hydrogen-bond acceptors (Lipinski definition) is 3. The highest BCUT2D eigenvalue weighted by atomic mass is 16.4. The summed E-state index contributed by atoms with van der Waals surface area (Å²) in [6, 6.07) is 15.0. The maximum atomic E-state index is 12.6. The number of benzene rings is 2. The van der Waals surface area contributed by atoms with E-state index in [-0.39, 0.29) is 11.6 Å². The minimum Gasteiger partial charge on any atom is -0.422 e. The molecular weight excluding hydrogens is 326 g/mol. The zero-order valence-electron chi connectivity index (χ0n) is 14.7. The highest BCUT2D eigenvalue weighted by molar-refractivity contribution is 5.96. The highest BCUT2D eigenvalue weighted by Gasteiger charge is 2.18. The second kappa shape index (κ2) is 6.79. The van der Waals surface area contributed by atoms with Gasteiger partial charge in [-0.25, -0.2) is 4.79 Å². The summed E-state index contributed by atoms with van der Waals surface area (Å²) in [7, 11) is 0. The van der Waals surface area contributed by atoms with Crippen molar-refractivity contribution in [2.45, 2.75) is 38.6 Å². The summed E-state index contributed by atoms with van der Waals surface area (Å²) >= 11 is 0. The fraction of sp³-hybridized carbons (Fsp3) is 0.273. The molecule has 4 nitrogen and oxygen atoms in total. The Labute approximate surface area is 151 Å². The molecule has 4 heteroatoms. The molecule has 0 saturated carbocycles. The lowest BCUT2D eigenvalue weighted by Gasteiger charge is -2.20. The maximum Gasteiger partial charge on any atom is 0.349 e. The molecule has 0 radical (unpaired) electrons. The number of nitrogens with one attached hydrogen (secondary N) is 1. The summed E-state index contributed by atoms with van der Waals surface area (Å²) in [6.45, 7) is 1.94. The first-order valence-electron chi connectivity index (χ1n) is 9.07. The molecule has 1 heterocycles. The van der Waals surface area contributed by atoms with E-state index < -0.39 is 11.5 Å². The number of rotatable bonds is 3. The van der Waals surface area contributed by atoms with E-state index in [1.807, 2.05) is 19.1 Å². The van der Waals surface area contributed by atoms with Crippen LogP contribution in [0.5, 0.6) is 0 Å². The quantitative estimate of drug-likeness (QED) is 0.724. The van der Waals surface area contributed by atoms with Crippen LogP contribution in [0.25, 0.3) is 11.0 Å². The number of aryl methyl sites for hydroxylation is 2. The van der Waals surface area contributed by atoms with E-state index in [2.05, 4.69) is 23.5 Å². The van der Waals surface area contributed by atoms with Gasteiger partial charge in [0, 0.05) is 5.39 Å². The number of amides is 1. The number of fused-ring (bicyclic) bond motifs is 2. The van der Waals surface area contributed by atoms with Crippen LogP contribution >= 0.6 is 0 Å². The Bertz CT molecular complexity index is 1030. The van der Waals surface area contributed by atoms with Gasteiger partial charge in [0.05, 0.1) is 6.04 Å². The first kappa shape index (κ1) is 16.6. The van der Waals surface area contributed by atoms with Crippen molar-refractivity contribution in [3.05, 3.63) is 81.2 Å². The monoisotopic (exact) mass is 347 g/mol. The van der Waals surface area contributed by atoms with Crippen molar-refractivity contribution in [3.63, 3.8) is 0 Å². The van der Waals surface area contributed by atoms with Crippen LogP contribution < -0.4 is 10.9 Å². The molecule has 0 spiro atoms. The molecule has 26 heavy (non-hydrogen) atoms. The van der Waals surface area contributed by atoms with E-state index in [1.54, 1.807) is 18.2 Å². The third-order valence-corrected chi connectivity index (χ3v) is 5.11. The van der Waals surface area contributed by atoms with E-state index in [0.717, 1.165) is 23.8 Å². The van der Waals surface area contributed by atoms with Gasteiger partial charge in [-0.05, 0) is 61.4 Å². The molecule has 1 amide bonds.